The van der Waals surface area contributed by atoms with E-state index < -0.39 is 9.84 Å². The number of benzene rings is 2. The molecular formula is C22H22Cl2N2O3S. The molecule has 158 valence electrons. The number of carbonyl (C=O) groups excluding carboxylic acids is 1. The molecule has 1 amide bonds. The van der Waals surface area contributed by atoms with Gasteiger partial charge >= 0.3 is 0 Å². The Hall–Kier alpha value is -2.02. The molecule has 8 heteroatoms. The number of amides is 1. The van der Waals surface area contributed by atoms with Crippen molar-refractivity contribution in [2.24, 2.45) is 0 Å². The number of hydrogen-bond acceptors (Lipinski definition) is 3. The standard InChI is InChI=1S/C22H22Cl2N2O3S/c23-18-9-8-16(12-19(18)24)15-30(28,29)21-13-26(20-7-3-2-6-17(20)21)14-22(27)25-10-4-1-5-11-25/h2-3,6-9,12-13H,1,4-5,10-11,14-15H2. The van der Waals surface area contributed by atoms with Crippen LogP contribution in [0.5, 0.6) is 0 Å². The van der Waals surface area contributed by atoms with Gasteiger partial charge in [-0.05, 0) is 43.0 Å². The van der Waals surface area contributed by atoms with Crippen molar-refractivity contribution in [1.82, 2.24) is 9.47 Å². The van der Waals surface area contributed by atoms with Crippen LogP contribution in [0.2, 0.25) is 10.0 Å². The number of fused-ring (bicyclic) bond motifs is 1. The van der Waals surface area contributed by atoms with E-state index in [0.717, 1.165) is 37.9 Å². The van der Waals surface area contributed by atoms with Gasteiger partial charge < -0.3 is 9.47 Å². The zero-order valence-electron chi connectivity index (χ0n) is 16.4. The molecule has 1 aliphatic heterocycles. The molecule has 5 nitrogen and oxygen atoms in total. The van der Waals surface area contributed by atoms with E-state index in [1.807, 2.05) is 17.0 Å². The van der Waals surface area contributed by atoms with Gasteiger partial charge in [0.2, 0.25) is 5.91 Å². The Morgan fingerprint density at radius 2 is 1.70 bits per heavy atom. The third kappa shape index (κ3) is 4.36. The van der Waals surface area contributed by atoms with E-state index >= 15 is 0 Å². The molecule has 30 heavy (non-hydrogen) atoms. The second-order valence-corrected chi connectivity index (χ2v) is 10.4. The number of aromatic nitrogens is 1. The number of rotatable bonds is 5. The summed E-state index contributed by atoms with van der Waals surface area (Å²) in [5, 5.41) is 1.31. The smallest absolute Gasteiger partial charge is 0.242 e. The first-order valence-electron chi connectivity index (χ1n) is 9.87. The maximum absolute atomic E-state index is 13.2. The largest absolute Gasteiger partial charge is 0.341 e. The highest BCUT2D eigenvalue weighted by Gasteiger charge is 2.24. The summed E-state index contributed by atoms with van der Waals surface area (Å²) < 4.78 is 28.2. The van der Waals surface area contributed by atoms with E-state index in [-0.39, 0.29) is 23.1 Å². The molecule has 1 saturated heterocycles. The number of halogens is 2. The fraction of sp³-hybridized carbons (Fsp3) is 0.318. The quantitative estimate of drug-likeness (QED) is 0.537. The molecule has 0 N–H and O–H groups in total. The van der Waals surface area contributed by atoms with Crippen LogP contribution in [0.1, 0.15) is 24.8 Å². The Balaban J connectivity index is 1.67. The van der Waals surface area contributed by atoms with Crippen LogP contribution in [0.4, 0.5) is 0 Å². The number of sulfone groups is 1. The summed E-state index contributed by atoms with van der Waals surface area (Å²) in [5.74, 6) is -0.179. The van der Waals surface area contributed by atoms with Crippen molar-refractivity contribution in [2.75, 3.05) is 13.1 Å². The molecule has 0 unspecified atom stereocenters. The van der Waals surface area contributed by atoms with Gasteiger partial charge in [-0.1, -0.05) is 47.5 Å². The summed E-state index contributed by atoms with van der Waals surface area (Å²) in [6.07, 6.45) is 4.76. The minimum Gasteiger partial charge on any atom is -0.341 e. The van der Waals surface area contributed by atoms with Crippen molar-refractivity contribution >= 4 is 49.8 Å². The topological polar surface area (TPSA) is 59.4 Å². The average molecular weight is 465 g/mol. The van der Waals surface area contributed by atoms with Crippen molar-refractivity contribution in [3.63, 3.8) is 0 Å². The van der Waals surface area contributed by atoms with Crippen LogP contribution in [0.25, 0.3) is 10.9 Å². The Morgan fingerprint density at radius 3 is 2.43 bits per heavy atom. The molecule has 1 aliphatic rings. The van der Waals surface area contributed by atoms with Gasteiger partial charge in [0.05, 0.1) is 20.7 Å². The molecule has 1 aromatic heterocycles. The summed E-state index contributed by atoms with van der Waals surface area (Å²) in [5.41, 5.74) is 1.29. The molecule has 3 aromatic rings. The third-order valence-corrected chi connectivity index (χ3v) is 7.89. The molecule has 0 bridgehead atoms. The number of para-hydroxylation sites is 1. The van der Waals surface area contributed by atoms with Gasteiger partial charge in [-0.25, -0.2) is 8.42 Å². The minimum atomic E-state index is -3.66. The van der Waals surface area contributed by atoms with E-state index in [9.17, 15) is 13.2 Å². The predicted octanol–water partition coefficient (Wildman–Crippen LogP) is 4.93. The summed E-state index contributed by atoms with van der Waals surface area (Å²) in [7, 11) is -3.66. The van der Waals surface area contributed by atoms with Gasteiger partial charge in [0, 0.05) is 30.2 Å². The fourth-order valence-electron chi connectivity index (χ4n) is 3.91. The number of nitrogens with zero attached hydrogens (tertiary/aromatic N) is 2. The second-order valence-electron chi connectivity index (χ2n) is 7.59. The first-order valence-corrected chi connectivity index (χ1v) is 12.3. The zero-order valence-corrected chi connectivity index (χ0v) is 18.7. The number of likely N-dealkylation sites (tertiary alicyclic amines) is 1. The highest BCUT2D eigenvalue weighted by Crippen LogP contribution is 2.30. The maximum Gasteiger partial charge on any atom is 0.242 e. The molecule has 0 spiro atoms. The first kappa shape index (κ1) is 21.2. The molecule has 4 rings (SSSR count). The van der Waals surface area contributed by atoms with E-state index in [0.29, 0.717) is 21.0 Å². The van der Waals surface area contributed by atoms with Crippen LogP contribution in [0.15, 0.2) is 53.6 Å². The minimum absolute atomic E-state index is 0.0175. The highest BCUT2D eigenvalue weighted by molar-refractivity contribution is 7.90. The van der Waals surface area contributed by atoms with Crippen molar-refractivity contribution in [2.45, 2.75) is 36.5 Å². The maximum atomic E-state index is 13.2. The second kappa shape index (κ2) is 8.61. The van der Waals surface area contributed by atoms with Crippen LogP contribution in [-0.4, -0.2) is 36.9 Å². The Kier molecular flexibility index (Phi) is 6.09. The van der Waals surface area contributed by atoms with Crippen molar-refractivity contribution < 1.29 is 13.2 Å². The van der Waals surface area contributed by atoms with Gasteiger partial charge in [-0.15, -0.1) is 0 Å². The van der Waals surface area contributed by atoms with Gasteiger partial charge in [0.1, 0.15) is 6.54 Å². The Bertz CT molecular complexity index is 1200. The fourth-order valence-corrected chi connectivity index (χ4v) is 5.80. The first-order chi connectivity index (χ1) is 14.3. The van der Waals surface area contributed by atoms with Crippen molar-refractivity contribution in [3.8, 4) is 0 Å². The predicted molar refractivity (Wildman–Crippen MR) is 120 cm³/mol. The van der Waals surface area contributed by atoms with Gasteiger partial charge in [-0.3, -0.25) is 4.79 Å². The van der Waals surface area contributed by atoms with Crippen LogP contribution < -0.4 is 0 Å². The lowest BCUT2D eigenvalue weighted by atomic mass is 10.1. The van der Waals surface area contributed by atoms with Crippen LogP contribution in [-0.2, 0) is 26.9 Å². The summed E-state index contributed by atoms with van der Waals surface area (Å²) in [6, 6.07) is 12.1. The lowest BCUT2D eigenvalue weighted by Gasteiger charge is -2.27. The van der Waals surface area contributed by atoms with Crippen molar-refractivity contribution in [1.29, 1.82) is 0 Å². The monoisotopic (exact) mass is 464 g/mol. The van der Waals surface area contributed by atoms with Crippen LogP contribution in [0, 0.1) is 0 Å². The van der Waals surface area contributed by atoms with Gasteiger partial charge in [0.15, 0.2) is 9.84 Å². The van der Waals surface area contributed by atoms with Gasteiger partial charge in [0.25, 0.3) is 0 Å². The Morgan fingerprint density at radius 1 is 0.967 bits per heavy atom. The Labute approximate surface area is 186 Å². The SMILES string of the molecule is O=C(Cn1cc(S(=O)(=O)Cc2ccc(Cl)c(Cl)c2)c2ccccc21)N1CCCCC1. The van der Waals surface area contributed by atoms with E-state index in [4.69, 9.17) is 23.2 Å². The number of piperidine rings is 1. The molecule has 0 atom stereocenters. The molecular weight excluding hydrogens is 443 g/mol. The van der Waals surface area contributed by atoms with Crippen LogP contribution >= 0.6 is 23.2 Å². The summed E-state index contributed by atoms with van der Waals surface area (Å²) in [6.45, 7) is 1.66. The molecule has 1 fully saturated rings. The normalized spacial score (nSPS) is 14.9. The molecule has 2 aromatic carbocycles. The van der Waals surface area contributed by atoms with E-state index in [1.165, 1.54) is 0 Å². The van der Waals surface area contributed by atoms with E-state index in [1.54, 1.807) is 41.1 Å². The average Bonchev–Trinajstić information content (AvgIpc) is 3.11. The summed E-state index contributed by atoms with van der Waals surface area (Å²) in [4.78, 5) is 14.8. The molecule has 0 aliphatic carbocycles. The van der Waals surface area contributed by atoms with E-state index in [2.05, 4.69) is 0 Å². The highest BCUT2D eigenvalue weighted by atomic mass is 35.5. The van der Waals surface area contributed by atoms with Gasteiger partial charge in [-0.2, -0.15) is 0 Å². The van der Waals surface area contributed by atoms with Crippen LogP contribution in [0.3, 0.4) is 0 Å². The van der Waals surface area contributed by atoms with Crippen molar-refractivity contribution in [3.05, 3.63) is 64.3 Å². The molecule has 0 saturated carbocycles. The molecule has 2 heterocycles. The molecule has 0 radical (unpaired) electrons. The summed E-state index contributed by atoms with van der Waals surface area (Å²) >= 11 is 12.0. The lowest BCUT2D eigenvalue weighted by molar-refractivity contribution is -0.132. The number of carbonyl (C=O) groups is 1. The zero-order chi connectivity index (χ0) is 21.3. The third-order valence-electron chi connectivity index (χ3n) is 5.44. The lowest BCUT2D eigenvalue weighted by Crippen LogP contribution is -2.37. The number of hydrogen-bond donors (Lipinski definition) is 0.